The standard InChI is InChI=1S/C11H15N3OS/c1-14(2)8-12-11(16)13-9-5-4-6-10(7-9)15-3/h4-8H,1-3H3,(H,13,16). The summed E-state index contributed by atoms with van der Waals surface area (Å²) in [6.07, 6.45) is 1.65. The van der Waals surface area contributed by atoms with Crippen molar-refractivity contribution in [2.24, 2.45) is 4.99 Å². The van der Waals surface area contributed by atoms with Crippen molar-refractivity contribution < 1.29 is 4.74 Å². The van der Waals surface area contributed by atoms with Crippen LogP contribution >= 0.6 is 12.2 Å². The lowest BCUT2D eigenvalue weighted by atomic mass is 10.3. The van der Waals surface area contributed by atoms with Crippen LogP contribution in [0.4, 0.5) is 5.69 Å². The van der Waals surface area contributed by atoms with Crippen molar-refractivity contribution in [1.82, 2.24) is 4.90 Å². The summed E-state index contributed by atoms with van der Waals surface area (Å²) in [7, 11) is 5.40. The number of nitrogens with zero attached hydrogens (tertiary/aromatic N) is 2. The number of aliphatic imine (C=N–C) groups is 1. The Hall–Kier alpha value is -1.62. The number of hydrogen-bond donors (Lipinski definition) is 1. The molecule has 86 valence electrons. The Morgan fingerprint density at radius 3 is 2.88 bits per heavy atom. The van der Waals surface area contributed by atoms with Crippen molar-refractivity contribution in [3.63, 3.8) is 0 Å². The van der Waals surface area contributed by atoms with Crippen molar-refractivity contribution in [2.75, 3.05) is 26.5 Å². The molecule has 0 amide bonds. The normalized spacial score (nSPS) is 10.2. The molecule has 0 spiro atoms. The fourth-order valence-corrected chi connectivity index (χ4v) is 1.19. The van der Waals surface area contributed by atoms with Gasteiger partial charge in [0.05, 0.1) is 13.4 Å². The van der Waals surface area contributed by atoms with Gasteiger partial charge in [0, 0.05) is 25.8 Å². The molecule has 1 aromatic carbocycles. The van der Waals surface area contributed by atoms with Crippen molar-refractivity contribution in [1.29, 1.82) is 0 Å². The molecular formula is C11H15N3OS. The largest absolute Gasteiger partial charge is 0.497 e. The summed E-state index contributed by atoms with van der Waals surface area (Å²) in [5.74, 6) is 0.782. The van der Waals surface area contributed by atoms with Crippen LogP contribution in [0.15, 0.2) is 29.3 Å². The number of ether oxygens (including phenoxy) is 1. The topological polar surface area (TPSA) is 36.9 Å². The lowest BCUT2D eigenvalue weighted by molar-refractivity contribution is 0.415. The van der Waals surface area contributed by atoms with Gasteiger partial charge in [-0.05, 0) is 24.4 Å². The second-order valence-electron chi connectivity index (χ2n) is 3.37. The van der Waals surface area contributed by atoms with Crippen molar-refractivity contribution in [3.05, 3.63) is 24.3 Å². The molecule has 1 rings (SSSR count). The highest BCUT2D eigenvalue weighted by Crippen LogP contribution is 2.16. The molecule has 0 aromatic heterocycles. The fraction of sp³-hybridized carbons (Fsp3) is 0.273. The molecule has 5 heteroatoms. The maximum atomic E-state index is 5.10. The first-order chi connectivity index (χ1) is 7.61. The molecule has 0 unspecified atom stereocenters. The average molecular weight is 237 g/mol. The second-order valence-corrected chi connectivity index (χ2v) is 3.76. The molecule has 0 radical (unpaired) electrons. The van der Waals surface area contributed by atoms with Crippen LogP contribution in [0.25, 0.3) is 0 Å². The number of methoxy groups -OCH3 is 1. The summed E-state index contributed by atoms with van der Waals surface area (Å²) in [6, 6.07) is 7.52. The lowest BCUT2D eigenvalue weighted by Gasteiger charge is -2.07. The summed E-state index contributed by atoms with van der Waals surface area (Å²) in [6.45, 7) is 0. The number of anilines is 1. The molecule has 1 N–H and O–H groups in total. The quantitative estimate of drug-likeness (QED) is 0.495. The lowest BCUT2D eigenvalue weighted by Crippen LogP contribution is -2.12. The molecule has 0 bridgehead atoms. The smallest absolute Gasteiger partial charge is 0.198 e. The van der Waals surface area contributed by atoms with Crippen LogP contribution in [0.2, 0.25) is 0 Å². The Kier molecular flexibility index (Phi) is 4.72. The van der Waals surface area contributed by atoms with E-state index in [0.717, 1.165) is 11.4 Å². The van der Waals surface area contributed by atoms with Crippen LogP contribution < -0.4 is 10.1 Å². The first-order valence-electron chi connectivity index (χ1n) is 4.77. The van der Waals surface area contributed by atoms with Crippen LogP contribution in [-0.2, 0) is 0 Å². The van der Waals surface area contributed by atoms with E-state index >= 15 is 0 Å². The third-order valence-corrected chi connectivity index (χ3v) is 1.93. The average Bonchev–Trinajstić information content (AvgIpc) is 2.26. The molecule has 0 saturated heterocycles. The van der Waals surface area contributed by atoms with Gasteiger partial charge in [-0.2, -0.15) is 0 Å². The Labute approximate surface area is 101 Å². The monoisotopic (exact) mass is 237 g/mol. The van der Waals surface area contributed by atoms with Crippen LogP contribution in [0.1, 0.15) is 0 Å². The van der Waals surface area contributed by atoms with E-state index in [0.29, 0.717) is 5.11 Å². The summed E-state index contributed by atoms with van der Waals surface area (Å²) in [5.41, 5.74) is 0.861. The zero-order valence-corrected chi connectivity index (χ0v) is 10.4. The van der Waals surface area contributed by atoms with Gasteiger partial charge >= 0.3 is 0 Å². The van der Waals surface area contributed by atoms with Crippen molar-refractivity contribution in [3.8, 4) is 5.75 Å². The molecule has 1 aromatic rings. The summed E-state index contributed by atoms with van der Waals surface area (Å²) >= 11 is 5.06. The molecule has 0 atom stereocenters. The van der Waals surface area contributed by atoms with E-state index in [4.69, 9.17) is 17.0 Å². The van der Waals surface area contributed by atoms with Crippen LogP contribution in [0, 0.1) is 0 Å². The third-order valence-electron chi connectivity index (χ3n) is 1.73. The van der Waals surface area contributed by atoms with E-state index in [-0.39, 0.29) is 0 Å². The molecule has 4 nitrogen and oxygen atoms in total. The molecule has 0 heterocycles. The van der Waals surface area contributed by atoms with E-state index in [9.17, 15) is 0 Å². The van der Waals surface area contributed by atoms with Gasteiger partial charge in [-0.15, -0.1) is 0 Å². The molecule has 0 saturated carbocycles. The van der Waals surface area contributed by atoms with Gasteiger partial charge in [-0.3, -0.25) is 0 Å². The van der Waals surface area contributed by atoms with Gasteiger partial charge in [0.15, 0.2) is 5.11 Å². The highest BCUT2D eigenvalue weighted by Gasteiger charge is 1.97. The minimum Gasteiger partial charge on any atom is -0.497 e. The first kappa shape index (κ1) is 12.4. The maximum Gasteiger partial charge on any atom is 0.198 e. The number of benzene rings is 1. The maximum absolute atomic E-state index is 5.10. The predicted molar refractivity (Wildman–Crippen MR) is 71.4 cm³/mol. The van der Waals surface area contributed by atoms with Gasteiger partial charge < -0.3 is 15.0 Å². The summed E-state index contributed by atoms with van der Waals surface area (Å²) < 4.78 is 5.10. The SMILES string of the molecule is COc1cccc(NC(=S)N=CN(C)C)c1. The van der Waals surface area contributed by atoms with Crippen molar-refractivity contribution >= 4 is 29.4 Å². The van der Waals surface area contributed by atoms with Crippen LogP contribution in [0.5, 0.6) is 5.75 Å². The summed E-state index contributed by atoms with van der Waals surface area (Å²) in [5, 5.41) is 3.42. The number of nitrogens with one attached hydrogen (secondary N) is 1. The van der Waals surface area contributed by atoms with Gasteiger partial charge in [0.2, 0.25) is 0 Å². The van der Waals surface area contributed by atoms with Crippen LogP contribution in [0.3, 0.4) is 0 Å². The zero-order valence-electron chi connectivity index (χ0n) is 9.60. The Morgan fingerprint density at radius 1 is 1.50 bits per heavy atom. The van der Waals surface area contributed by atoms with E-state index in [1.807, 2.05) is 43.3 Å². The minimum atomic E-state index is 0.418. The van der Waals surface area contributed by atoms with E-state index < -0.39 is 0 Å². The molecular weight excluding hydrogens is 222 g/mol. The Morgan fingerprint density at radius 2 is 2.25 bits per heavy atom. The summed E-state index contributed by atoms with van der Waals surface area (Å²) in [4.78, 5) is 5.87. The molecule has 0 aliphatic heterocycles. The minimum absolute atomic E-state index is 0.418. The Bertz CT molecular complexity index is 391. The first-order valence-corrected chi connectivity index (χ1v) is 5.18. The Balaban J connectivity index is 2.62. The van der Waals surface area contributed by atoms with Crippen molar-refractivity contribution in [2.45, 2.75) is 0 Å². The highest BCUT2D eigenvalue weighted by atomic mass is 32.1. The van der Waals surface area contributed by atoms with E-state index in [2.05, 4.69) is 10.3 Å². The number of thiocarbonyl (C=S) groups is 1. The molecule has 0 aliphatic rings. The third kappa shape index (κ3) is 4.27. The highest BCUT2D eigenvalue weighted by molar-refractivity contribution is 7.80. The number of rotatable bonds is 3. The predicted octanol–water partition coefficient (Wildman–Crippen LogP) is 1.98. The number of hydrogen-bond acceptors (Lipinski definition) is 2. The second kappa shape index (κ2) is 6.07. The van der Waals surface area contributed by atoms with Gasteiger partial charge in [0.1, 0.15) is 5.75 Å². The van der Waals surface area contributed by atoms with Gasteiger partial charge in [-0.25, -0.2) is 4.99 Å². The molecule has 0 fully saturated rings. The van der Waals surface area contributed by atoms with Crippen LogP contribution in [-0.4, -0.2) is 37.6 Å². The van der Waals surface area contributed by atoms with Gasteiger partial charge in [-0.1, -0.05) is 6.07 Å². The van der Waals surface area contributed by atoms with E-state index in [1.54, 1.807) is 13.4 Å². The van der Waals surface area contributed by atoms with Gasteiger partial charge in [0.25, 0.3) is 0 Å². The fourth-order valence-electron chi connectivity index (χ4n) is 1.02. The zero-order chi connectivity index (χ0) is 12.0. The molecule has 0 aliphatic carbocycles. The van der Waals surface area contributed by atoms with E-state index in [1.165, 1.54) is 0 Å². The molecule has 16 heavy (non-hydrogen) atoms.